The minimum atomic E-state index is -0.312. The summed E-state index contributed by atoms with van der Waals surface area (Å²) in [6.45, 7) is 1.24. The van der Waals surface area contributed by atoms with Crippen molar-refractivity contribution in [2.24, 2.45) is 5.92 Å². The zero-order valence-corrected chi connectivity index (χ0v) is 9.75. The van der Waals surface area contributed by atoms with E-state index in [9.17, 15) is 9.90 Å². The van der Waals surface area contributed by atoms with Gasteiger partial charge in [-0.2, -0.15) is 0 Å². The Labute approximate surface area is 101 Å². The van der Waals surface area contributed by atoms with E-state index in [4.69, 9.17) is 0 Å². The third-order valence-corrected chi connectivity index (χ3v) is 3.81. The molecule has 0 radical (unpaired) electrons. The number of hydrogen-bond acceptors (Lipinski definition) is 2. The van der Waals surface area contributed by atoms with Gasteiger partial charge >= 0.3 is 0 Å². The average molecular weight is 231 g/mol. The molecule has 1 N–H and O–H groups in total. The van der Waals surface area contributed by atoms with Gasteiger partial charge in [-0.15, -0.1) is 0 Å². The first-order chi connectivity index (χ1) is 8.25. The quantitative estimate of drug-likeness (QED) is 0.835. The molecule has 3 nitrogen and oxygen atoms in total. The van der Waals surface area contributed by atoms with Crippen LogP contribution in [0.5, 0.6) is 0 Å². The summed E-state index contributed by atoms with van der Waals surface area (Å²) in [6, 6.07) is 10.2. The Hall–Kier alpha value is -1.35. The van der Waals surface area contributed by atoms with Crippen LogP contribution in [0.1, 0.15) is 24.3 Å². The second-order valence-corrected chi connectivity index (χ2v) is 5.09. The van der Waals surface area contributed by atoms with E-state index in [-0.39, 0.29) is 17.9 Å². The van der Waals surface area contributed by atoms with Crippen LogP contribution in [-0.4, -0.2) is 35.1 Å². The summed E-state index contributed by atoms with van der Waals surface area (Å²) in [7, 11) is 0. The van der Waals surface area contributed by atoms with Crippen LogP contribution in [0.2, 0.25) is 0 Å². The summed E-state index contributed by atoms with van der Waals surface area (Å²) >= 11 is 0. The van der Waals surface area contributed by atoms with Crippen molar-refractivity contribution in [2.45, 2.75) is 24.9 Å². The monoisotopic (exact) mass is 231 g/mol. The third kappa shape index (κ3) is 2.07. The highest BCUT2D eigenvalue weighted by Gasteiger charge is 2.46. The van der Waals surface area contributed by atoms with E-state index in [1.54, 1.807) is 0 Å². The highest BCUT2D eigenvalue weighted by atomic mass is 16.3. The van der Waals surface area contributed by atoms with Gasteiger partial charge in [0.2, 0.25) is 5.91 Å². The Morgan fingerprint density at radius 1 is 1.29 bits per heavy atom. The van der Waals surface area contributed by atoms with Crippen LogP contribution >= 0.6 is 0 Å². The first kappa shape index (κ1) is 10.8. The molecule has 3 unspecified atom stereocenters. The smallest absolute Gasteiger partial charge is 0.226 e. The molecule has 1 saturated carbocycles. The van der Waals surface area contributed by atoms with E-state index in [0.29, 0.717) is 12.5 Å². The Bertz CT molecular complexity index is 417. The molecule has 1 aromatic carbocycles. The Morgan fingerprint density at radius 2 is 2.06 bits per heavy atom. The lowest BCUT2D eigenvalue weighted by atomic mass is 10.1. The van der Waals surface area contributed by atoms with Crippen LogP contribution in [0, 0.1) is 5.92 Å². The van der Waals surface area contributed by atoms with E-state index < -0.39 is 0 Å². The fourth-order valence-corrected chi connectivity index (χ4v) is 2.71. The van der Waals surface area contributed by atoms with Gasteiger partial charge in [-0.1, -0.05) is 30.3 Å². The Morgan fingerprint density at radius 3 is 2.71 bits per heavy atom. The van der Waals surface area contributed by atoms with Gasteiger partial charge in [0.1, 0.15) is 0 Å². The van der Waals surface area contributed by atoms with Crippen LogP contribution in [0.25, 0.3) is 0 Å². The Kier molecular flexibility index (Phi) is 2.63. The van der Waals surface area contributed by atoms with Gasteiger partial charge in [-0.3, -0.25) is 4.79 Å². The molecule has 1 saturated heterocycles. The summed E-state index contributed by atoms with van der Waals surface area (Å²) in [4.78, 5) is 14.0. The fourth-order valence-electron chi connectivity index (χ4n) is 2.71. The summed E-state index contributed by atoms with van der Waals surface area (Å²) in [5.74, 6) is 0.791. The predicted octanol–water partition coefficient (Wildman–Crippen LogP) is 1.38. The van der Waals surface area contributed by atoms with Gasteiger partial charge in [0.15, 0.2) is 0 Å². The number of rotatable bonds is 2. The van der Waals surface area contributed by atoms with E-state index in [1.165, 1.54) is 5.56 Å². The summed E-state index contributed by atoms with van der Waals surface area (Å²) in [6.07, 6.45) is 1.39. The lowest BCUT2D eigenvalue weighted by Gasteiger charge is -2.15. The molecule has 1 aliphatic heterocycles. The molecule has 1 aromatic rings. The van der Waals surface area contributed by atoms with Crippen LogP contribution < -0.4 is 0 Å². The van der Waals surface area contributed by atoms with Crippen molar-refractivity contribution in [1.82, 2.24) is 4.90 Å². The minimum absolute atomic E-state index is 0.155. The lowest BCUT2D eigenvalue weighted by molar-refractivity contribution is -0.131. The highest BCUT2D eigenvalue weighted by Crippen LogP contribution is 2.48. The van der Waals surface area contributed by atoms with Gasteiger partial charge in [-0.05, 0) is 24.3 Å². The number of hydrogen-bond donors (Lipinski definition) is 1. The van der Waals surface area contributed by atoms with Crippen molar-refractivity contribution in [3.63, 3.8) is 0 Å². The van der Waals surface area contributed by atoms with Gasteiger partial charge in [-0.25, -0.2) is 0 Å². The second-order valence-electron chi connectivity index (χ2n) is 5.09. The van der Waals surface area contributed by atoms with Crippen molar-refractivity contribution >= 4 is 5.91 Å². The molecule has 1 aliphatic carbocycles. The highest BCUT2D eigenvalue weighted by molar-refractivity contribution is 5.83. The van der Waals surface area contributed by atoms with Gasteiger partial charge in [0.25, 0.3) is 0 Å². The van der Waals surface area contributed by atoms with Crippen molar-refractivity contribution < 1.29 is 9.90 Å². The van der Waals surface area contributed by atoms with Gasteiger partial charge in [0, 0.05) is 19.0 Å². The van der Waals surface area contributed by atoms with Crippen LogP contribution in [0.15, 0.2) is 30.3 Å². The third-order valence-electron chi connectivity index (χ3n) is 3.81. The normalized spacial score (nSPS) is 31.6. The SMILES string of the molecule is O=C(C1CC1c1ccccc1)N1CCC(O)C1. The molecular formula is C14H17NO2. The molecular weight excluding hydrogens is 214 g/mol. The van der Waals surface area contributed by atoms with E-state index in [0.717, 1.165) is 19.4 Å². The maximum atomic E-state index is 12.2. The standard InChI is InChI=1S/C14H17NO2/c16-11-6-7-15(9-11)14(17)13-8-12(13)10-4-2-1-3-5-10/h1-5,11-13,16H,6-9H2. The number of carbonyl (C=O) groups is 1. The van der Waals surface area contributed by atoms with E-state index in [2.05, 4.69) is 12.1 Å². The minimum Gasteiger partial charge on any atom is -0.391 e. The maximum Gasteiger partial charge on any atom is 0.226 e. The molecule has 3 rings (SSSR count). The van der Waals surface area contributed by atoms with Crippen molar-refractivity contribution in [2.75, 3.05) is 13.1 Å². The maximum absolute atomic E-state index is 12.2. The predicted molar refractivity (Wildman–Crippen MR) is 64.5 cm³/mol. The van der Waals surface area contributed by atoms with E-state index >= 15 is 0 Å². The zero-order chi connectivity index (χ0) is 11.8. The number of benzene rings is 1. The lowest BCUT2D eigenvalue weighted by Crippen LogP contribution is -2.31. The second kappa shape index (κ2) is 4.15. The molecule has 1 amide bonds. The van der Waals surface area contributed by atoms with Crippen LogP contribution in [0.4, 0.5) is 0 Å². The molecule has 2 aliphatic rings. The number of aliphatic hydroxyl groups is 1. The number of nitrogens with zero attached hydrogens (tertiary/aromatic N) is 1. The van der Waals surface area contributed by atoms with Gasteiger partial charge < -0.3 is 10.0 Å². The molecule has 3 heteroatoms. The molecule has 90 valence electrons. The molecule has 17 heavy (non-hydrogen) atoms. The topological polar surface area (TPSA) is 40.5 Å². The zero-order valence-electron chi connectivity index (χ0n) is 9.75. The van der Waals surface area contributed by atoms with Crippen LogP contribution in [-0.2, 0) is 4.79 Å². The number of likely N-dealkylation sites (tertiary alicyclic amines) is 1. The number of β-amino-alcohol motifs (C(OH)–C–C–N with tert-alkyl or cyclic N) is 1. The summed E-state index contributed by atoms with van der Waals surface area (Å²) in [5, 5.41) is 9.44. The summed E-state index contributed by atoms with van der Waals surface area (Å²) < 4.78 is 0. The molecule has 0 bridgehead atoms. The van der Waals surface area contributed by atoms with Gasteiger partial charge in [0.05, 0.1) is 6.10 Å². The molecule has 2 fully saturated rings. The number of amides is 1. The largest absolute Gasteiger partial charge is 0.391 e. The number of aliphatic hydroxyl groups excluding tert-OH is 1. The fraction of sp³-hybridized carbons (Fsp3) is 0.500. The first-order valence-electron chi connectivity index (χ1n) is 6.27. The van der Waals surface area contributed by atoms with E-state index in [1.807, 2.05) is 23.1 Å². The molecule has 0 aromatic heterocycles. The molecule has 3 atom stereocenters. The van der Waals surface area contributed by atoms with Crippen molar-refractivity contribution in [1.29, 1.82) is 0 Å². The first-order valence-corrected chi connectivity index (χ1v) is 6.27. The van der Waals surface area contributed by atoms with Crippen molar-refractivity contribution in [3.05, 3.63) is 35.9 Å². The van der Waals surface area contributed by atoms with Crippen LogP contribution in [0.3, 0.4) is 0 Å². The number of carbonyl (C=O) groups excluding carboxylic acids is 1. The van der Waals surface area contributed by atoms with Crippen molar-refractivity contribution in [3.8, 4) is 0 Å². The molecule has 0 spiro atoms. The Balaban J connectivity index is 1.63. The molecule has 1 heterocycles. The summed E-state index contributed by atoms with van der Waals surface area (Å²) in [5.41, 5.74) is 1.27. The average Bonchev–Trinajstić information content (AvgIpc) is 3.05.